The van der Waals surface area contributed by atoms with Crippen molar-refractivity contribution in [2.24, 2.45) is 0 Å². The summed E-state index contributed by atoms with van der Waals surface area (Å²) in [4.78, 5) is 60.5. The molecule has 1 aliphatic rings. The fourth-order valence-electron chi connectivity index (χ4n) is 2.43. The van der Waals surface area contributed by atoms with Gasteiger partial charge in [-0.3, -0.25) is 18.9 Å². The molecule has 1 fully saturated rings. The van der Waals surface area contributed by atoms with E-state index in [1.54, 1.807) is 0 Å². The van der Waals surface area contributed by atoms with Crippen molar-refractivity contribution in [2.45, 2.75) is 24.2 Å². The summed E-state index contributed by atoms with van der Waals surface area (Å²) < 4.78 is 56.0. The molecular formula is C10H17N2O16P3. The minimum atomic E-state index is -5.80. The van der Waals surface area contributed by atoms with Crippen LogP contribution in [0.2, 0.25) is 0 Å². The monoisotopic (exact) mass is 514 g/mol. The van der Waals surface area contributed by atoms with Crippen molar-refractivity contribution < 1.29 is 66.1 Å². The van der Waals surface area contributed by atoms with Gasteiger partial charge in [-0.2, -0.15) is 8.62 Å². The lowest BCUT2D eigenvalue weighted by Gasteiger charge is -2.30. The van der Waals surface area contributed by atoms with Crippen LogP contribution in [0.4, 0.5) is 0 Å². The van der Waals surface area contributed by atoms with E-state index in [1.807, 2.05) is 4.98 Å². The number of aliphatic hydroxyl groups is 2. The van der Waals surface area contributed by atoms with Crippen molar-refractivity contribution >= 4 is 23.5 Å². The second kappa shape index (κ2) is 9.05. The van der Waals surface area contributed by atoms with Crippen LogP contribution in [0.3, 0.4) is 0 Å². The van der Waals surface area contributed by atoms with Gasteiger partial charge in [0.15, 0.2) is 6.23 Å². The number of nitrogens with zero attached hydrogens (tertiary/aromatic N) is 1. The van der Waals surface area contributed by atoms with Crippen molar-refractivity contribution in [1.82, 2.24) is 9.55 Å². The number of phosphoric acid groups is 3. The van der Waals surface area contributed by atoms with Gasteiger partial charge < -0.3 is 39.3 Å². The summed E-state index contributed by atoms with van der Waals surface area (Å²) in [6.45, 7) is -1.28. The number of rotatable bonds is 9. The van der Waals surface area contributed by atoms with Gasteiger partial charge in [0, 0.05) is 19.4 Å². The minimum absolute atomic E-state index is 0.654. The van der Waals surface area contributed by atoms with E-state index in [2.05, 4.69) is 13.1 Å². The molecule has 2 heterocycles. The van der Waals surface area contributed by atoms with Gasteiger partial charge in [0.2, 0.25) is 5.79 Å². The summed E-state index contributed by atoms with van der Waals surface area (Å²) in [7, 11) is -16.1. The van der Waals surface area contributed by atoms with E-state index in [1.165, 1.54) is 0 Å². The van der Waals surface area contributed by atoms with Gasteiger partial charge in [0.1, 0.15) is 18.8 Å². The first kappa shape index (κ1) is 26.2. The molecule has 7 N–H and O–H groups in total. The molecular weight excluding hydrogens is 497 g/mol. The summed E-state index contributed by atoms with van der Waals surface area (Å²) in [5.41, 5.74) is -1.83. The van der Waals surface area contributed by atoms with Crippen LogP contribution in [0.1, 0.15) is 6.23 Å². The molecule has 0 amide bonds. The Morgan fingerprint density at radius 3 is 2.26 bits per heavy atom. The number of aliphatic hydroxyl groups excluding tert-OH is 2. The van der Waals surface area contributed by atoms with Crippen LogP contribution in [0.5, 0.6) is 0 Å². The van der Waals surface area contributed by atoms with Crippen LogP contribution in [0, 0.1) is 0 Å². The third-order valence-corrected chi connectivity index (χ3v) is 7.48. The molecule has 0 saturated carbocycles. The van der Waals surface area contributed by atoms with Crippen molar-refractivity contribution in [3.63, 3.8) is 0 Å². The number of methoxy groups -OCH3 is 1. The van der Waals surface area contributed by atoms with Gasteiger partial charge in [-0.05, 0) is 0 Å². The number of phosphoric ester groups is 1. The van der Waals surface area contributed by atoms with E-state index in [-0.39, 0.29) is 0 Å². The largest absolute Gasteiger partial charge is 0.490 e. The van der Waals surface area contributed by atoms with Crippen LogP contribution < -0.4 is 11.2 Å². The Morgan fingerprint density at radius 1 is 1.13 bits per heavy atom. The Hall–Kier alpha value is -1.07. The Morgan fingerprint density at radius 2 is 1.74 bits per heavy atom. The number of ether oxygens (including phenoxy) is 2. The smallest absolute Gasteiger partial charge is 0.385 e. The molecule has 6 atom stereocenters. The maximum absolute atomic E-state index is 11.9. The van der Waals surface area contributed by atoms with Crippen molar-refractivity contribution in [3.8, 4) is 0 Å². The van der Waals surface area contributed by atoms with Crippen LogP contribution in [0.25, 0.3) is 0 Å². The van der Waals surface area contributed by atoms with E-state index in [9.17, 15) is 38.4 Å². The van der Waals surface area contributed by atoms with Gasteiger partial charge >= 0.3 is 29.2 Å². The lowest BCUT2D eigenvalue weighted by Crippen LogP contribution is -2.48. The fourth-order valence-corrected chi connectivity index (χ4v) is 5.47. The molecule has 18 nitrogen and oxygen atoms in total. The first-order valence-corrected chi connectivity index (χ1v) is 12.2. The molecule has 1 saturated heterocycles. The Balaban J connectivity index is 2.21. The minimum Gasteiger partial charge on any atom is -0.385 e. The predicted molar refractivity (Wildman–Crippen MR) is 93.0 cm³/mol. The van der Waals surface area contributed by atoms with E-state index in [0.717, 1.165) is 19.4 Å². The topological polar surface area (TPSA) is 274 Å². The highest BCUT2D eigenvalue weighted by molar-refractivity contribution is 7.66. The lowest BCUT2D eigenvalue weighted by molar-refractivity contribution is -0.267. The van der Waals surface area contributed by atoms with Crippen molar-refractivity contribution in [3.05, 3.63) is 33.1 Å². The highest BCUT2D eigenvalue weighted by Gasteiger charge is 2.57. The maximum atomic E-state index is 11.9. The second-order valence-electron chi connectivity index (χ2n) is 5.84. The molecule has 0 aliphatic carbocycles. The first-order chi connectivity index (χ1) is 14.0. The highest BCUT2D eigenvalue weighted by Crippen LogP contribution is 2.66. The summed E-state index contributed by atoms with van der Waals surface area (Å²) >= 11 is 0. The molecule has 0 spiro atoms. The van der Waals surface area contributed by atoms with Gasteiger partial charge in [0.05, 0.1) is 0 Å². The molecule has 21 heteroatoms. The van der Waals surface area contributed by atoms with Gasteiger partial charge in [0.25, 0.3) is 5.56 Å². The molecule has 178 valence electrons. The van der Waals surface area contributed by atoms with Crippen LogP contribution >= 0.6 is 23.5 Å². The summed E-state index contributed by atoms with van der Waals surface area (Å²) in [5.74, 6) is -2.45. The lowest BCUT2D eigenvalue weighted by atomic mass is 10.1. The molecule has 0 radical (unpaired) electrons. The number of hydrogen-bond acceptors (Lipinski definition) is 12. The zero-order valence-electron chi connectivity index (χ0n) is 15.1. The maximum Gasteiger partial charge on any atom is 0.490 e. The van der Waals surface area contributed by atoms with E-state index < -0.39 is 65.5 Å². The zero-order chi connectivity index (χ0) is 23.8. The predicted octanol–water partition coefficient (Wildman–Crippen LogP) is -2.53. The number of hydrogen-bond donors (Lipinski definition) is 7. The molecule has 0 aromatic carbocycles. The summed E-state index contributed by atoms with van der Waals surface area (Å²) in [6, 6.07) is 0.892. The molecule has 0 bridgehead atoms. The Bertz CT molecular complexity index is 1060. The third-order valence-electron chi connectivity index (χ3n) is 3.70. The second-order valence-corrected chi connectivity index (χ2v) is 10.3. The van der Waals surface area contributed by atoms with E-state index >= 15 is 0 Å². The van der Waals surface area contributed by atoms with Crippen molar-refractivity contribution in [2.75, 3.05) is 13.7 Å². The standard InChI is InChI=1S/C10H17N2O16P3/c1-24-10(4-25-30(20,21)28-31(22,23)27-29(17,18)19)7(15)6(14)8(26-10)12-3-2-5(13)11-9(12)16/h2-3,6-8,14-15H,4H2,1H3,(H,20,21)(H,22,23)(H,11,13,16)(H2,17,18,19)/t6-,7+,8-,10-/m1/s1. The number of aromatic amines is 1. The average molecular weight is 514 g/mol. The highest BCUT2D eigenvalue weighted by atomic mass is 31.3. The molecule has 2 rings (SSSR count). The van der Waals surface area contributed by atoms with Crippen LogP contribution in [-0.4, -0.2) is 71.0 Å². The van der Waals surface area contributed by atoms with Gasteiger partial charge in [-0.25, -0.2) is 18.5 Å². The molecule has 1 aliphatic heterocycles. The number of H-pyrrole nitrogens is 1. The van der Waals surface area contributed by atoms with Gasteiger partial charge in [-0.15, -0.1) is 0 Å². The fraction of sp³-hybridized carbons (Fsp3) is 0.600. The molecule has 2 unspecified atom stereocenters. The third kappa shape index (κ3) is 6.47. The average Bonchev–Trinajstić information content (AvgIpc) is 2.82. The molecule has 1 aromatic rings. The van der Waals surface area contributed by atoms with E-state index in [4.69, 9.17) is 24.2 Å². The Labute approximate surface area is 171 Å². The zero-order valence-corrected chi connectivity index (χ0v) is 17.8. The van der Waals surface area contributed by atoms with E-state index in [0.29, 0.717) is 4.57 Å². The normalized spacial score (nSPS) is 30.6. The Kier molecular flexibility index (Phi) is 7.65. The summed E-state index contributed by atoms with van der Waals surface area (Å²) in [6.07, 6.45) is -4.74. The molecule has 31 heavy (non-hydrogen) atoms. The van der Waals surface area contributed by atoms with Crippen LogP contribution in [0.15, 0.2) is 21.9 Å². The first-order valence-electron chi connectivity index (χ1n) is 7.70. The quantitative estimate of drug-likeness (QED) is 0.167. The van der Waals surface area contributed by atoms with Crippen LogP contribution in [-0.2, 0) is 36.3 Å². The van der Waals surface area contributed by atoms with Crippen molar-refractivity contribution in [1.29, 1.82) is 0 Å². The molecule has 1 aromatic heterocycles. The number of nitrogens with one attached hydrogen (secondary N) is 1. The summed E-state index contributed by atoms with van der Waals surface area (Å²) in [5, 5.41) is 20.5. The van der Waals surface area contributed by atoms with Gasteiger partial charge in [-0.1, -0.05) is 0 Å². The number of aromatic nitrogens is 2. The SMILES string of the molecule is CO[C@]1(COP(=O)(O)OP(=O)(O)OP(=O)(O)O)O[C@@H](n2ccc(=O)[nH]c2=O)[C@H](O)[C@@H]1O.